The third-order valence-electron chi connectivity index (χ3n) is 4.24. The van der Waals surface area contributed by atoms with Crippen LogP contribution in [0.5, 0.6) is 0 Å². The zero-order valence-corrected chi connectivity index (χ0v) is 16.3. The van der Waals surface area contributed by atoms with Gasteiger partial charge in [-0.1, -0.05) is 28.8 Å². The number of nitrogens with one attached hydrogen (secondary N) is 1. The maximum absolute atomic E-state index is 12.4. The average molecular weight is 413 g/mol. The lowest BCUT2D eigenvalue weighted by molar-refractivity contribution is 0.186. The molecule has 3 rings (SSSR count). The molecule has 2 heterocycles. The van der Waals surface area contributed by atoms with Crippen LogP contribution >= 0.6 is 11.6 Å². The maximum Gasteiger partial charge on any atom is 0.335 e. The Balaban J connectivity index is 1.52. The number of hydrogen-bond acceptors (Lipinski definition) is 6. The van der Waals surface area contributed by atoms with Crippen LogP contribution in [0.1, 0.15) is 30.7 Å². The predicted molar refractivity (Wildman–Crippen MR) is 99.2 cm³/mol. The predicted octanol–water partition coefficient (Wildman–Crippen LogP) is 2.43. The van der Waals surface area contributed by atoms with Crippen LogP contribution in [0.3, 0.4) is 0 Å². The molecule has 2 amide bonds. The lowest BCUT2D eigenvalue weighted by atomic mass is 10.1. The summed E-state index contributed by atoms with van der Waals surface area (Å²) in [4.78, 5) is 13.8. The fourth-order valence-electron chi connectivity index (χ4n) is 2.81. The van der Waals surface area contributed by atoms with Crippen molar-refractivity contribution in [1.82, 2.24) is 20.4 Å². The van der Waals surface area contributed by atoms with E-state index < -0.39 is 15.1 Å². The number of benzene rings is 1. The van der Waals surface area contributed by atoms with Crippen LogP contribution in [-0.4, -0.2) is 49.2 Å². The molecule has 0 saturated carbocycles. The minimum Gasteiger partial charge on any atom is -0.412 e. The molecule has 8 nitrogen and oxygen atoms in total. The van der Waals surface area contributed by atoms with Crippen LogP contribution in [0.2, 0.25) is 5.02 Å². The maximum atomic E-state index is 12.4. The highest BCUT2D eigenvalue weighted by molar-refractivity contribution is 7.90. The number of nitrogens with zero attached hydrogens (tertiary/aromatic N) is 3. The Bertz CT molecular complexity index is 877. The molecular formula is C17H21ClN4O4S. The van der Waals surface area contributed by atoms with Gasteiger partial charge in [0.2, 0.25) is 15.7 Å². The molecule has 1 aliphatic rings. The summed E-state index contributed by atoms with van der Waals surface area (Å²) in [6.07, 6.45) is 3.46. The number of sulfone groups is 1. The molecule has 0 radical (unpaired) electrons. The molecule has 1 N–H and O–H groups in total. The Morgan fingerprint density at radius 3 is 2.56 bits per heavy atom. The second-order valence-electron chi connectivity index (χ2n) is 6.38. The largest absolute Gasteiger partial charge is 0.412 e. The summed E-state index contributed by atoms with van der Waals surface area (Å²) < 4.78 is 30.0. The topological polar surface area (TPSA) is 105 Å². The number of likely N-dealkylation sites (tertiary alicyclic amines) is 1. The second kappa shape index (κ2) is 8.71. The number of rotatable bonds is 6. The van der Waals surface area contributed by atoms with Crippen molar-refractivity contribution in [3.63, 3.8) is 0 Å². The van der Waals surface area contributed by atoms with E-state index in [0.29, 0.717) is 17.1 Å². The smallest absolute Gasteiger partial charge is 0.335 e. The molecule has 10 heteroatoms. The molecule has 1 fully saturated rings. The van der Waals surface area contributed by atoms with Crippen LogP contribution in [0.4, 0.5) is 4.79 Å². The van der Waals surface area contributed by atoms with Crippen molar-refractivity contribution in [2.24, 2.45) is 0 Å². The molecule has 1 aliphatic heterocycles. The van der Waals surface area contributed by atoms with Gasteiger partial charge in [-0.15, -0.1) is 5.10 Å². The minimum atomic E-state index is -3.74. The lowest BCUT2D eigenvalue weighted by Crippen LogP contribution is -2.43. The van der Waals surface area contributed by atoms with E-state index in [2.05, 4.69) is 15.5 Å². The zero-order chi connectivity index (χ0) is 19.3. The van der Waals surface area contributed by atoms with Gasteiger partial charge in [-0.25, -0.2) is 13.2 Å². The fourth-order valence-corrected chi connectivity index (χ4v) is 4.08. The van der Waals surface area contributed by atoms with Crippen LogP contribution in [0.25, 0.3) is 0 Å². The van der Waals surface area contributed by atoms with Crippen molar-refractivity contribution in [1.29, 1.82) is 0 Å². The van der Waals surface area contributed by atoms with Crippen molar-refractivity contribution < 1.29 is 17.6 Å². The Morgan fingerprint density at radius 1 is 1.15 bits per heavy atom. The third kappa shape index (κ3) is 5.43. The molecule has 0 atom stereocenters. The molecular weight excluding hydrogens is 392 g/mol. The van der Waals surface area contributed by atoms with E-state index in [1.807, 2.05) is 0 Å². The van der Waals surface area contributed by atoms with Crippen molar-refractivity contribution in [2.45, 2.75) is 36.7 Å². The molecule has 27 heavy (non-hydrogen) atoms. The summed E-state index contributed by atoms with van der Waals surface area (Å²) in [7, 11) is -3.74. The second-order valence-corrected chi connectivity index (χ2v) is 8.68. The van der Waals surface area contributed by atoms with Crippen LogP contribution < -0.4 is 5.32 Å². The molecule has 0 spiro atoms. The number of urea groups is 1. The number of aromatic nitrogens is 2. The van der Waals surface area contributed by atoms with E-state index in [9.17, 15) is 13.2 Å². The number of amides is 2. The molecule has 1 saturated heterocycles. The summed E-state index contributed by atoms with van der Waals surface area (Å²) in [5.74, 6) is -0.0825. The van der Waals surface area contributed by atoms with Gasteiger partial charge in [-0.2, -0.15) is 0 Å². The number of halogens is 1. The number of carbonyl (C=O) groups excluding carboxylic acids is 1. The van der Waals surface area contributed by atoms with Gasteiger partial charge < -0.3 is 14.6 Å². The van der Waals surface area contributed by atoms with Crippen molar-refractivity contribution in [2.75, 3.05) is 19.6 Å². The summed E-state index contributed by atoms with van der Waals surface area (Å²) in [5.41, 5.74) is 0.577. The Kier molecular flexibility index (Phi) is 6.33. The summed E-state index contributed by atoms with van der Waals surface area (Å²) in [6, 6.07) is 6.39. The first-order valence-corrected chi connectivity index (χ1v) is 10.8. The van der Waals surface area contributed by atoms with Crippen LogP contribution in [-0.2, 0) is 22.0 Å². The number of hydrogen-bond donors (Lipinski definition) is 1. The normalized spacial score (nSPS) is 14.9. The number of piperidine rings is 1. The molecule has 1 aromatic carbocycles. The third-order valence-corrected chi connectivity index (χ3v) is 5.91. The van der Waals surface area contributed by atoms with Crippen LogP contribution in [0.15, 0.2) is 33.9 Å². The molecule has 1 aromatic heterocycles. The SMILES string of the molecule is O=C(NCCc1nnc(S(=O)(=O)Cc2ccc(Cl)cc2)o1)N1CCCCC1. The molecule has 2 aromatic rings. The highest BCUT2D eigenvalue weighted by Crippen LogP contribution is 2.17. The van der Waals surface area contributed by atoms with E-state index >= 15 is 0 Å². The van der Waals surface area contributed by atoms with Gasteiger partial charge >= 0.3 is 11.3 Å². The van der Waals surface area contributed by atoms with Gasteiger partial charge in [0.1, 0.15) is 0 Å². The molecule has 0 aliphatic carbocycles. The van der Waals surface area contributed by atoms with Gasteiger partial charge in [0.05, 0.1) is 5.75 Å². The first-order chi connectivity index (χ1) is 12.9. The highest BCUT2D eigenvalue weighted by atomic mass is 35.5. The molecule has 146 valence electrons. The lowest BCUT2D eigenvalue weighted by Gasteiger charge is -2.26. The van der Waals surface area contributed by atoms with Gasteiger partial charge in [-0.05, 0) is 37.0 Å². The quantitative estimate of drug-likeness (QED) is 0.781. The summed E-state index contributed by atoms with van der Waals surface area (Å²) in [5, 5.41) is 10.3. The minimum absolute atomic E-state index is 0.121. The average Bonchev–Trinajstić information content (AvgIpc) is 3.14. The van der Waals surface area contributed by atoms with E-state index in [0.717, 1.165) is 32.4 Å². The zero-order valence-electron chi connectivity index (χ0n) is 14.7. The Hall–Kier alpha value is -2.13. The summed E-state index contributed by atoms with van der Waals surface area (Å²) in [6.45, 7) is 1.83. The molecule has 0 unspecified atom stereocenters. The highest BCUT2D eigenvalue weighted by Gasteiger charge is 2.23. The summed E-state index contributed by atoms with van der Waals surface area (Å²) >= 11 is 5.80. The standard InChI is InChI=1S/C17H21ClN4O4S/c18-14-6-4-13(5-7-14)12-27(24,25)17-21-20-15(26-17)8-9-19-16(23)22-10-2-1-3-11-22/h4-7H,1-3,8-12H2,(H,19,23). The first kappa shape index (κ1) is 19.6. The Morgan fingerprint density at radius 2 is 1.85 bits per heavy atom. The van der Waals surface area contributed by atoms with E-state index in [-0.39, 0.29) is 24.1 Å². The van der Waals surface area contributed by atoms with E-state index in [1.54, 1.807) is 29.2 Å². The monoisotopic (exact) mass is 412 g/mol. The van der Waals surface area contributed by atoms with Crippen molar-refractivity contribution >= 4 is 27.5 Å². The van der Waals surface area contributed by atoms with Gasteiger partial charge in [-0.3, -0.25) is 0 Å². The van der Waals surface area contributed by atoms with Gasteiger partial charge in [0, 0.05) is 31.1 Å². The van der Waals surface area contributed by atoms with Crippen molar-refractivity contribution in [3.8, 4) is 0 Å². The molecule has 0 bridgehead atoms. The Labute approximate surface area is 162 Å². The van der Waals surface area contributed by atoms with Gasteiger partial charge in [0.15, 0.2) is 0 Å². The van der Waals surface area contributed by atoms with E-state index in [1.165, 1.54) is 0 Å². The van der Waals surface area contributed by atoms with E-state index in [4.69, 9.17) is 16.0 Å². The van der Waals surface area contributed by atoms with Gasteiger partial charge in [0.25, 0.3) is 0 Å². The van der Waals surface area contributed by atoms with Crippen molar-refractivity contribution in [3.05, 3.63) is 40.7 Å². The first-order valence-electron chi connectivity index (χ1n) is 8.76. The fraction of sp³-hybridized carbons (Fsp3) is 0.471. The van der Waals surface area contributed by atoms with Crippen LogP contribution in [0, 0.1) is 0 Å². The number of carbonyl (C=O) groups is 1.